The third-order valence-electron chi connectivity index (χ3n) is 1.71. The monoisotopic (exact) mass is 180 g/mol. The molecule has 0 bridgehead atoms. The van der Waals surface area contributed by atoms with Gasteiger partial charge >= 0.3 is 5.97 Å². The second-order valence-electron chi connectivity index (χ2n) is 2.98. The average molecular weight is 180 g/mol. The SMILES string of the molecule is C=CC(C)C(C=C)OC(=O)C(=C)C. The van der Waals surface area contributed by atoms with Gasteiger partial charge in [-0.25, -0.2) is 4.79 Å². The molecule has 0 aliphatic heterocycles. The molecule has 0 fully saturated rings. The first kappa shape index (κ1) is 11.7. The van der Waals surface area contributed by atoms with E-state index in [1.807, 2.05) is 6.92 Å². The minimum atomic E-state index is -0.390. The van der Waals surface area contributed by atoms with E-state index in [0.717, 1.165) is 0 Å². The quantitative estimate of drug-likeness (QED) is 0.369. The van der Waals surface area contributed by atoms with E-state index in [1.54, 1.807) is 19.1 Å². The van der Waals surface area contributed by atoms with E-state index >= 15 is 0 Å². The largest absolute Gasteiger partial charge is 0.454 e. The molecular formula is C11H16O2. The Labute approximate surface area is 79.6 Å². The summed E-state index contributed by atoms with van der Waals surface area (Å²) in [5, 5.41) is 0. The smallest absolute Gasteiger partial charge is 0.333 e. The van der Waals surface area contributed by atoms with E-state index in [0.29, 0.717) is 5.57 Å². The molecule has 0 aromatic heterocycles. The van der Waals surface area contributed by atoms with Crippen LogP contribution >= 0.6 is 0 Å². The zero-order chi connectivity index (χ0) is 10.4. The van der Waals surface area contributed by atoms with Gasteiger partial charge in [0.15, 0.2) is 0 Å². The van der Waals surface area contributed by atoms with Crippen molar-refractivity contribution in [3.8, 4) is 0 Å². The van der Waals surface area contributed by atoms with Gasteiger partial charge < -0.3 is 4.74 Å². The van der Waals surface area contributed by atoms with Crippen molar-refractivity contribution in [2.24, 2.45) is 5.92 Å². The van der Waals surface area contributed by atoms with Gasteiger partial charge in [-0.2, -0.15) is 0 Å². The highest BCUT2D eigenvalue weighted by Crippen LogP contribution is 2.11. The minimum Gasteiger partial charge on any atom is -0.454 e. The van der Waals surface area contributed by atoms with Crippen LogP contribution in [0, 0.1) is 5.92 Å². The summed E-state index contributed by atoms with van der Waals surface area (Å²) in [4.78, 5) is 11.1. The highest BCUT2D eigenvalue weighted by Gasteiger charge is 2.15. The Kier molecular flexibility index (Phi) is 4.82. The Morgan fingerprint density at radius 1 is 1.38 bits per heavy atom. The van der Waals surface area contributed by atoms with Gasteiger partial charge in [-0.1, -0.05) is 32.2 Å². The molecule has 72 valence electrons. The van der Waals surface area contributed by atoms with Crippen molar-refractivity contribution in [3.63, 3.8) is 0 Å². The molecule has 0 spiro atoms. The molecule has 0 radical (unpaired) electrons. The maximum Gasteiger partial charge on any atom is 0.333 e. The Morgan fingerprint density at radius 2 is 1.92 bits per heavy atom. The molecule has 2 heteroatoms. The van der Waals surface area contributed by atoms with Crippen molar-refractivity contribution in [2.75, 3.05) is 0 Å². The van der Waals surface area contributed by atoms with Crippen molar-refractivity contribution in [1.29, 1.82) is 0 Å². The van der Waals surface area contributed by atoms with Crippen molar-refractivity contribution in [2.45, 2.75) is 20.0 Å². The highest BCUT2D eigenvalue weighted by atomic mass is 16.5. The summed E-state index contributed by atoms with van der Waals surface area (Å²) in [5.41, 5.74) is 0.392. The standard InChI is InChI=1S/C11H16O2/c1-6-9(5)10(7-2)13-11(12)8(3)4/h6-7,9-10H,1-3H2,4-5H3. The number of carbonyl (C=O) groups excluding carboxylic acids is 1. The van der Waals surface area contributed by atoms with Crippen LogP contribution in [-0.2, 0) is 9.53 Å². The summed E-state index contributed by atoms with van der Waals surface area (Å²) in [5.74, 6) is -0.320. The fraction of sp³-hybridized carbons (Fsp3) is 0.364. The zero-order valence-electron chi connectivity index (χ0n) is 8.25. The molecule has 0 rings (SSSR count). The summed E-state index contributed by atoms with van der Waals surface area (Å²) in [6.07, 6.45) is 2.99. The van der Waals surface area contributed by atoms with E-state index < -0.39 is 5.97 Å². The Morgan fingerprint density at radius 3 is 2.23 bits per heavy atom. The number of rotatable bonds is 5. The lowest BCUT2D eigenvalue weighted by molar-refractivity contribution is -0.143. The molecular weight excluding hydrogens is 164 g/mol. The maximum atomic E-state index is 11.1. The summed E-state index contributed by atoms with van der Waals surface area (Å²) in [7, 11) is 0. The van der Waals surface area contributed by atoms with E-state index in [-0.39, 0.29) is 12.0 Å². The molecule has 0 aliphatic rings. The van der Waals surface area contributed by atoms with E-state index in [2.05, 4.69) is 19.7 Å². The zero-order valence-corrected chi connectivity index (χ0v) is 8.25. The van der Waals surface area contributed by atoms with Crippen LogP contribution in [0.1, 0.15) is 13.8 Å². The second-order valence-corrected chi connectivity index (χ2v) is 2.98. The van der Waals surface area contributed by atoms with E-state index in [1.165, 1.54) is 0 Å². The second kappa shape index (κ2) is 5.36. The molecule has 0 saturated carbocycles. The van der Waals surface area contributed by atoms with E-state index in [9.17, 15) is 4.79 Å². The number of ether oxygens (including phenoxy) is 1. The summed E-state index contributed by atoms with van der Waals surface area (Å²) >= 11 is 0. The lowest BCUT2D eigenvalue weighted by atomic mass is 10.1. The average Bonchev–Trinajstić information content (AvgIpc) is 2.12. The van der Waals surface area contributed by atoms with Crippen LogP contribution in [0.25, 0.3) is 0 Å². The molecule has 0 heterocycles. The fourth-order valence-corrected chi connectivity index (χ4v) is 0.728. The first-order valence-electron chi connectivity index (χ1n) is 4.14. The van der Waals surface area contributed by atoms with Crippen molar-refractivity contribution in [3.05, 3.63) is 37.5 Å². The Bertz CT molecular complexity index is 228. The van der Waals surface area contributed by atoms with Crippen LogP contribution in [0.5, 0.6) is 0 Å². The molecule has 0 N–H and O–H groups in total. The van der Waals surface area contributed by atoms with Gasteiger partial charge in [-0.15, -0.1) is 6.58 Å². The first-order valence-corrected chi connectivity index (χ1v) is 4.14. The van der Waals surface area contributed by atoms with E-state index in [4.69, 9.17) is 4.74 Å². The van der Waals surface area contributed by atoms with Gasteiger partial charge in [0.05, 0.1) is 0 Å². The maximum absolute atomic E-state index is 11.1. The number of carbonyl (C=O) groups is 1. The molecule has 0 aromatic carbocycles. The Hall–Kier alpha value is -1.31. The van der Waals surface area contributed by atoms with Crippen molar-refractivity contribution < 1.29 is 9.53 Å². The summed E-state index contributed by atoms with van der Waals surface area (Å²) < 4.78 is 5.09. The van der Waals surface area contributed by atoms with Crippen LogP contribution in [0.2, 0.25) is 0 Å². The highest BCUT2D eigenvalue weighted by molar-refractivity contribution is 5.87. The predicted molar refractivity (Wildman–Crippen MR) is 54.3 cm³/mol. The number of hydrogen-bond donors (Lipinski definition) is 0. The molecule has 13 heavy (non-hydrogen) atoms. The van der Waals surface area contributed by atoms with Gasteiger partial charge in [0.2, 0.25) is 0 Å². The van der Waals surface area contributed by atoms with Crippen LogP contribution < -0.4 is 0 Å². The van der Waals surface area contributed by atoms with Gasteiger partial charge in [-0.05, 0) is 6.92 Å². The number of esters is 1. The predicted octanol–water partition coefficient (Wildman–Crippen LogP) is 2.48. The van der Waals surface area contributed by atoms with Gasteiger partial charge in [0.25, 0.3) is 0 Å². The molecule has 0 aromatic rings. The molecule has 2 nitrogen and oxygen atoms in total. The van der Waals surface area contributed by atoms with Crippen LogP contribution in [-0.4, -0.2) is 12.1 Å². The molecule has 0 amide bonds. The van der Waals surface area contributed by atoms with Crippen LogP contribution in [0.3, 0.4) is 0 Å². The van der Waals surface area contributed by atoms with Crippen LogP contribution in [0.15, 0.2) is 37.5 Å². The third kappa shape index (κ3) is 3.74. The third-order valence-corrected chi connectivity index (χ3v) is 1.71. The van der Waals surface area contributed by atoms with Gasteiger partial charge in [-0.3, -0.25) is 0 Å². The molecule has 0 saturated heterocycles. The fourth-order valence-electron chi connectivity index (χ4n) is 0.728. The van der Waals surface area contributed by atoms with Gasteiger partial charge in [0, 0.05) is 11.5 Å². The van der Waals surface area contributed by atoms with Crippen LogP contribution in [0.4, 0.5) is 0 Å². The Balaban J connectivity index is 4.28. The lowest BCUT2D eigenvalue weighted by Gasteiger charge is -2.17. The molecule has 2 atom stereocenters. The minimum absolute atomic E-state index is 0.0702. The lowest BCUT2D eigenvalue weighted by Crippen LogP contribution is -2.22. The topological polar surface area (TPSA) is 26.3 Å². The summed E-state index contributed by atoms with van der Waals surface area (Å²) in [6.45, 7) is 14.2. The first-order chi connectivity index (χ1) is 6.02. The number of hydrogen-bond acceptors (Lipinski definition) is 2. The molecule has 0 aliphatic carbocycles. The summed E-state index contributed by atoms with van der Waals surface area (Å²) in [6, 6.07) is 0. The van der Waals surface area contributed by atoms with Gasteiger partial charge in [0.1, 0.15) is 6.10 Å². The van der Waals surface area contributed by atoms with Crippen molar-refractivity contribution >= 4 is 5.97 Å². The molecule has 2 unspecified atom stereocenters. The normalized spacial score (nSPS) is 14.0. The van der Waals surface area contributed by atoms with Crippen molar-refractivity contribution in [1.82, 2.24) is 0 Å².